The first-order valence-corrected chi connectivity index (χ1v) is 4.15. The summed E-state index contributed by atoms with van der Waals surface area (Å²) in [6, 6.07) is 0. The lowest BCUT2D eigenvalue weighted by molar-refractivity contribution is -0.386. The maximum Gasteiger partial charge on any atom is 0.352 e. The molecule has 1 aromatic heterocycles. The van der Waals surface area contributed by atoms with Crippen LogP contribution in [0.5, 0.6) is 0 Å². The van der Waals surface area contributed by atoms with Gasteiger partial charge in [-0.25, -0.2) is 4.98 Å². The van der Waals surface area contributed by atoms with Gasteiger partial charge in [0, 0.05) is 0 Å². The minimum absolute atomic E-state index is 0.366. The maximum absolute atomic E-state index is 10.9. The second-order valence-corrected chi connectivity index (χ2v) is 2.66. The molecule has 0 aliphatic carbocycles. The molecular weight excluding hydrogens is 182 g/mol. The first-order chi connectivity index (χ1) is 5.65. The highest BCUT2D eigenvalue weighted by Gasteiger charge is 2.12. The molecule has 64 valence electrons. The normalized spacial score (nSPS) is 9.75. The second kappa shape index (κ2) is 3.35. The number of thioether (sulfide) groups is 1. The lowest BCUT2D eigenvalue weighted by atomic mass is 10.5. The highest BCUT2D eigenvalue weighted by atomic mass is 32.2. The molecule has 0 aliphatic heterocycles. The van der Waals surface area contributed by atoms with Crippen molar-refractivity contribution < 1.29 is 4.92 Å². The Kier molecular flexibility index (Phi) is 2.44. The van der Waals surface area contributed by atoms with Crippen LogP contribution >= 0.6 is 11.8 Å². The Morgan fingerprint density at radius 3 is 2.83 bits per heavy atom. The van der Waals surface area contributed by atoms with Crippen LogP contribution in [0, 0.1) is 10.1 Å². The van der Waals surface area contributed by atoms with E-state index in [1.54, 1.807) is 6.26 Å². The first-order valence-electron chi connectivity index (χ1n) is 2.93. The van der Waals surface area contributed by atoms with Crippen molar-refractivity contribution in [2.45, 2.75) is 5.16 Å². The Morgan fingerprint density at radius 1 is 1.75 bits per heavy atom. The van der Waals surface area contributed by atoms with Gasteiger partial charge in [0.2, 0.25) is 0 Å². The average molecular weight is 187 g/mol. The van der Waals surface area contributed by atoms with Crippen LogP contribution in [0.1, 0.15) is 0 Å². The number of nitrogens with zero attached hydrogens (tertiary/aromatic N) is 2. The summed E-state index contributed by atoms with van der Waals surface area (Å²) in [6.45, 7) is 0. The van der Waals surface area contributed by atoms with Crippen LogP contribution in [0.4, 0.5) is 5.69 Å². The molecule has 0 radical (unpaired) electrons. The van der Waals surface area contributed by atoms with Crippen molar-refractivity contribution >= 4 is 17.4 Å². The molecule has 6 nitrogen and oxygen atoms in total. The number of aromatic nitrogens is 2. The highest BCUT2D eigenvalue weighted by molar-refractivity contribution is 7.98. The quantitative estimate of drug-likeness (QED) is 0.313. The molecule has 0 aliphatic rings. The summed E-state index contributed by atoms with van der Waals surface area (Å²) in [5, 5.41) is 10.5. The lowest BCUT2D eigenvalue weighted by Gasteiger charge is -1.92. The molecule has 0 saturated heterocycles. The fourth-order valence-electron chi connectivity index (χ4n) is 0.606. The van der Waals surface area contributed by atoms with Gasteiger partial charge in [0.05, 0.1) is 4.92 Å². The van der Waals surface area contributed by atoms with Crippen LogP contribution in [-0.4, -0.2) is 21.1 Å². The van der Waals surface area contributed by atoms with Crippen LogP contribution in [0.3, 0.4) is 0 Å². The van der Waals surface area contributed by atoms with Gasteiger partial charge in [0.15, 0.2) is 5.16 Å². The SMILES string of the molecule is CSc1ncc([N+](=O)[O-])c(=O)[nH]1. The van der Waals surface area contributed by atoms with Gasteiger partial charge in [0.25, 0.3) is 0 Å². The smallest absolute Gasteiger partial charge is 0.296 e. The van der Waals surface area contributed by atoms with Gasteiger partial charge in [-0.3, -0.25) is 19.9 Å². The molecule has 1 heterocycles. The number of H-pyrrole nitrogens is 1. The molecule has 12 heavy (non-hydrogen) atoms. The molecule has 0 fully saturated rings. The molecule has 0 saturated carbocycles. The molecule has 0 bridgehead atoms. The van der Waals surface area contributed by atoms with E-state index >= 15 is 0 Å². The minimum atomic E-state index is -0.768. The molecule has 1 rings (SSSR count). The monoisotopic (exact) mass is 187 g/mol. The van der Waals surface area contributed by atoms with Crippen molar-refractivity contribution in [3.8, 4) is 0 Å². The third-order valence-electron chi connectivity index (χ3n) is 1.15. The van der Waals surface area contributed by atoms with Gasteiger partial charge in [-0.15, -0.1) is 0 Å². The number of hydrogen-bond donors (Lipinski definition) is 1. The van der Waals surface area contributed by atoms with Crippen LogP contribution in [0.15, 0.2) is 16.1 Å². The maximum atomic E-state index is 10.9. The molecule has 0 aromatic carbocycles. The summed E-state index contributed by atoms with van der Waals surface area (Å²) in [5.74, 6) is 0. The molecule has 1 aromatic rings. The van der Waals surface area contributed by atoms with E-state index in [4.69, 9.17) is 0 Å². The molecule has 0 amide bonds. The molecule has 7 heteroatoms. The third-order valence-corrected chi connectivity index (χ3v) is 1.74. The number of nitrogens with one attached hydrogen (secondary N) is 1. The topological polar surface area (TPSA) is 88.9 Å². The van der Waals surface area contributed by atoms with Crippen molar-refractivity contribution in [1.82, 2.24) is 9.97 Å². The Bertz CT molecular complexity index is 361. The van der Waals surface area contributed by atoms with Gasteiger partial charge in [-0.05, 0) is 6.26 Å². The van der Waals surface area contributed by atoms with E-state index in [1.165, 1.54) is 11.8 Å². The largest absolute Gasteiger partial charge is 0.352 e. The number of rotatable bonds is 2. The minimum Gasteiger partial charge on any atom is -0.296 e. The molecular formula is C5H5N3O3S. The number of nitro groups is 1. The summed E-state index contributed by atoms with van der Waals surface area (Å²) in [4.78, 5) is 26.2. The molecule has 1 N–H and O–H groups in total. The molecule has 0 atom stereocenters. The predicted octanol–water partition coefficient (Wildman–Crippen LogP) is 0.400. The fourth-order valence-corrected chi connectivity index (χ4v) is 0.958. The number of hydrogen-bond acceptors (Lipinski definition) is 5. The van der Waals surface area contributed by atoms with E-state index in [0.717, 1.165) is 6.20 Å². The van der Waals surface area contributed by atoms with Gasteiger partial charge in [-0.1, -0.05) is 11.8 Å². The standard InChI is InChI=1S/C5H5N3O3S/c1-12-5-6-2-3(8(10)11)4(9)7-5/h2H,1H3,(H,6,7,9). The molecule has 0 unspecified atom stereocenters. The average Bonchev–Trinajstić information content (AvgIpc) is 2.03. The highest BCUT2D eigenvalue weighted by Crippen LogP contribution is 2.06. The summed E-state index contributed by atoms with van der Waals surface area (Å²) in [5.41, 5.74) is -1.26. The summed E-state index contributed by atoms with van der Waals surface area (Å²) >= 11 is 1.21. The summed E-state index contributed by atoms with van der Waals surface area (Å²) in [7, 11) is 0. The van der Waals surface area contributed by atoms with E-state index in [1.807, 2.05) is 0 Å². The van der Waals surface area contributed by atoms with E-state index in [9.17, 15) is 14.9 Å². The van der Waals surface area contributed by atoms with Crippen molar-refractivity contribution in [3.63, 3.8) is 0 Å². The fraction of sp³-hybridized carbons (Fsp3) is 0.200. The Morgan fingerprint density at radius 2 is 2.42 bits per heavy atom. The van der Waals surface area contributed by atoms with E-state index in [0.29, 0.717) is 5.16 Å². The van der Waals surface area contributed by atoms with Gasteiger partial charge >= 0.3 is 11.2 Å². The van der Waals surface area contributed by atoms with E-state index < -0.39 is 16.2 Å². The molecule has 0 spiro atoms. The zero-order valence-electron chi connectivity index (χ0n) is 6.10. The van der Waals surface area contributed by atoms with Crippen LogP contribution < -0.4 is 5.56 Å². The van der Waals surface area contributed by atoms with Crippen LogP contribution in [0.25, 0.3) is 0 Å². The van der Waals surface area contributed by atoms with E-state index in [2.05, 4.69) is 9.97 Å². The second-order valence-electron chi connectivity index (χ2n) is 1.86. The van der Waals surface area contributed by atoms with Crippen LogP contribution in [0.2, 0.25) is 0 Å². The zero-order chi connectivity index (χ0) is 9.14. The van der Waals surface area contributed by atoms with Gasteiger partial charge < -0.3 is 0 Å². The van der Waals surface area contributed by atoms with Gasteiger partial charge in [-0.2, -0.15) is 0 Å². The summed E-state index contributed by atoms with van der Waals surface area (Å²) in [6.07, 6.45) is 2.66. The zero-order valence-corrected chi connectivity index (χ0v) is 6.92. The van der Waals surface area contributed by atoms with Crippen molar-refractivity contribution in [2.24, 2.45) is 0 Å². The summed E-state index contributed by atoms with van der Waals surface area (Å²) < 4.78 is 0. The van der Waals surface area contributed by atoms with E-state index in [-0.39, 0.29) is 0 Å². The van der Waals surface area contributed by atoms with Crippen molar-refractivity contribution in [1.29, 1.82) is 0 Å². The van der Waals surface area contributed by atoms with Crippen molar-refractivity contribution in [3.05, 3.63) is 26.7 Å². The Balaban J connectivity index is 3.21. The third kappa shape index (κ3) is 1.62. The van der Waals surface area contributed by atoms with Gasteiger partial charge in [0.1, 0.15) is 6.20 Å². The number of aromatic amines is 1. The lowest BCUT2D eigenvalue weighted by Crippen LogP contribution is -2.12. The Labute approximate surface area is 71.2 Å². The van der Waals surface area contributed by atoms with Crippen molar-refractivity contribution in [2.75, 3.05) is 6.26 Å². The first kappa shape index (κ1) is 8.72. The predicted molar refractivity (Wildman–Crippen MR) is 43.3 cm³/mol. The van der Waals surface area contributed by atoms with Crippen LogP contribution in [-0.2, 0) is 0 Å². The Hall–Kier alpha value is -1.37.